The molecule has 0 aliphatic heterocycles. The van der Waals surface area contributed by atoms with Gasteiger partial charge in [-0.3, -0.25) is 0 Å². The highest BCUT2D eigenvalue weighted by Crippen LogP contribution is 2.51. The molecule has 0 aromatic carbocycles. The van der Waals surface area contributed by atoms with Gasteiger partial charge in [-0.05, 0) is 97.4 Å². The van der Waals surface area contributed by atoms with Crippen LogP contribution in [-0.4, -0.2) is 12.5 Å². The topological polar surface area (TPSA) is 20.2 Å². The van der Waals surface area contributed by atoms with Crippen molar-refractivity contribution in [3.63, 3.8) is 0 Å². The van der Waals surface area contributed by atoms with Crippen LogP contribution in [0.3, 0.4) is 0 Å². The minimum Gasteiger partial charge on any atom is -0.449 e. The van der Waals surface area contributed by atoms with Crippen LogP contribution in [0.2, 0.25) is 0 Å². The molecular weight excluding hydrogens is 387 g/mol. The number of fused-ring (bicyclic) bond motifs is 2. The van der Waals surface area contributed by atoms with E-state index in [1.54, 1.807) is 22.3 Å². The van der Waals surface area contributed by atoms with Gasteiger partial charge in [0.2, 0.25) is 0 Å². The zero-order valence-electron chi connectivity index (χ0n) is 19.2. The summed E-state index contributed by atoms with van der Waals surface area (Å²) in [6.45, 7) is 0. The Bertz CT molecular complexity index is 1040. The molecule has 2 heteroatoms. The SMILES string of the molecule is OBC1=C2C=CCCC2C(C2=CC(C3=C4CCCCC4CC=C3)CC=C2)C2=C1C=CCC2. The summed E-state index contributed by atoms with van der Waals surface area (Å²) < 4.78 is 0. The zero-order chi connectivity index (χ0) is 21.5. The highest BCUT2D eigenvalue weighted by Gasteiger charge is 2.39. The number of allylic oxidation sites excluding steroid dienone is 16. The monoisotopic (exact) mass is 422 g/mol. The molecule has 6 aliphatic rings. The maximum Gasteiger partial charge on any atom is 0.305 e. The molecule has 32 heavy (non-hydrogen) atoms. The second-order valence-corrected chi connectivity index (χ2v) is 10.5. The van der Waals surface area contributed by atoms with Gasteiger partial charge < -0.3 is 5.02 Å². The molecule has 0 spiro atoms. The number of rotatable bonds is 3. The van der Waals surface area contributed by atoms with Crippen molar-refractivity contribution >= 4 is 7.48 Å². The van der Waals surface area contributed by atoms with Crippen LogP contribution >= 0.6 is 0 Å². The minimum atomic E-state index is 0.159. The summed E-state index contributed by atoms with van der Waals surface area (Å²) in [6, 6.07) is 0. The fraction of sp³-hybridized carbons (Fsp3) is 0.467. The molecule has 4 unspecified atom stereocenters. The van der Waals surface area contributed by atoms with Gasteiger partial charge in [-0.2, -0.15) is 0 Å². The van der Waals surface area contributed by atoms with E-state index in [0.717, 1.165) is 31.6 Å². The summed E-state index contributed by atoms with van der Waals surface area (Å²) in [4.78, 5) is 0. The van der Waals surface area contributed by atoms with Crippen molar-refractivity contribution in [2.75, 3.05) is 0 Å². The van der Waals surface area contributed by atoms with Crippen LogP contribution in [0.15, 0.2) is 93.6 Å². The van der Waals surface area contributed by atoms with Crippen LogP contribution in [-0.2, 0) is 0 Å². The van der Waals surface area contributed by atoms with Crippen molar-refractivity contribution in [3.05, 3.63) is 93.6 Å². The lowest BCUT2D eigenvalue weighted by molar-refractivity contribution is 0.431. The van der Waals surface area contributed by atoms with Gasteiger partial charge in [-0.1, -0.05) is 72.3 Å². The van der Waals surface area contributed by atoms with E-state index in [0.29, 0.717) is 17.8 Å². The van der Waals surface area contributed by atoms with Crippen LogP contribution < -0.4 is 0 Å². The maximum absolute atomic E-state index is 10.3. The molecule has 0 saturated heterocycles. The molecule has 0 heterocycles. The fourth-order valence-corrected chi connectivity index (χ4v) is 7.43. The van der Waals surface area contributed by atoms with Crippen molar-refractivity contribution in [2.24, 2.45) is 23.7 Å². The van der Waals surface area contributed by atoms with Crippen LogP contribution in [0.1, 0.15) is 64.2 Å². The standard InChI is InChI=1S/C30H35BO/c32-31-30-27-16-5-3-14-25(27)29(26-15-4-6-17-28(26)30)22-12-7-11-21(19-22)24-18-8-10-20-9-1-2-13-23(20)24/h5-8,12,16-21,25,29,31-32H,1-4,9-11,13-15H2. The summed E-state index contributed by atoms with van der Waals surface area (Å²) in [5, 5.41) is 10.3. The van der Waals surface area contributed by atoms with E-state index in [-0.39, 0.29) is 7.48 Å². The molecular formula is C30H35BO. The van der Waals surface area contributed by atoms with Crippen molar-refractivity contribution in [1.29, 1.82) is 0 Å². The largest absolute Gasteiger partial charge is 0.449 e. The van der Waals surface area contributed by atoms with E-state index < -0.39 is 0 Å². The maximum atomic E-state index is 10.3. The molecule has 1 N–H and O–H groups in total. The van der Waals surface area contributed by atoms with E-state index in [2.05, 4.69) is 54.7 Å². The van der Waals surface area contributed by atoms with Gasteiger partial charge in [0.15, 0.2) is 0 Å². The molecule has 0 aromatic heterocycles. The van der Waals surface area contributed by atoms with Gasteiger partial charge in [-0.15, -0.1) is 0 Å². The first kappa shape index (κ1) is 20.5. The minimum absolute atomic E-state index is 0.159. The molecule has 4 atom stereocenters. The first-order valence-corrected chi connectivity index (χ1v) is 13.0. The van der Waals surface area contributed by atoms with Gasteiger partial charge in [0.05, 0.1) is 0 Å². The lowest BCUT2D eigenvalue weighted by Crippen LogP contribution is -2.31. The Labute approximate surface area is 194 Å². The zero-order valence-corrected chi connectivity index (χ0v) is 19.2. The Hall–Kier alpha value is -2.06. The molecule has 1 fully saturated rings. The predicted octanol–water partition coefficient (Wildman–Crippen LogP) is 6.78. The van der Waals surface area contributed by atoms with Crippen molar-refractivity contribution in [1.82, 2.24) is 0 Å². The van der Waals surface area contributed by atoms with Gasteiger partial charge in [0, 0.05) is 11.8 Å². The first-order valence-electron chi connectivity index (χ1n) is 13.0. The Morgan fingerprint density at radius 2 is 1.66 bits per heavy atom. The van der Waals surface area contributed by atoms with E-state index >= 15 is 0 Å². The molecule has 0 aromatic rings. The average Bonchev–Trinajstić information content (AvgIpc) is 2.87. The van der Waals surface area contributed by atoms with E-state index in [4.69, 9.17) is 0 Å². The van der Waals surface area contributed by atoms with E-state index in [1.807, 2.05) is 0 Å². The van der Waals surface area contributed by atoms with Crippen LogP contribution in [0, 0.1) is 23.7 Å². The normalized spacial score (nSPS) is 33.7. The first-order chi connectivity index (χ1) is 15.8. The molecule has 0 bridgehead atoms. The third-order valence-electron chi connectivity index (χ3n) is 8.84. The Morgan fingerprint density at radius 1 is 0.781 bits per heavy atom. The fourth-order valence-electron chi connectivity index (χ4n) is 7.43. The molecule has 6 rings (SSSR count). The third-order valence-corrected chi connectivity index (χ3v) is 8.84. The lowest BCUT2D eigenvalue weighted by atomic mass is 9.58. The quantitative estimate of drug-likeness (QED) is 0.497. The van der Waals surface area contributed by atoms with Gasteiger partial charge in [0.25, 0.3) is 0 Å². The lowest BCUT2D eigenvalue weighted by Gasteiger charge is -2.42. The third kappa shape index (κ3) is 3.43. The van der Waals surface area contributed by atoms with Gasteiger partial charge >= 0.3 is 7.48 Å². The summed E-state index contributed by atoms with van der Waals surface area (Å²) in [7, 11) is 0.159. The Kier molecular flexibility index (Phi) is 5.59. The molecule has 6 aliphatic carbocycles. The molecule has 1 saturated carbocycles. The molecule has 0 radical (unpaired) electrons. The molecule has 1 nitrogen and oxygen atoms in total. The molecule has 0 amide bonds. The van der Waals surface area contributed by atoms with E-state index in [9.17, 15) is 5.02 Å². The second kappa shape index (κ2) is 8.71. The summed E-state index contributed by atoms with van der Waals surface area (Å²) in [5.41, 5.74) is 10.5. The van der Waals surface area contributed by atoms with Crippen LogP contribution in [0.5, 0.6) is 0 Å². The van der Waals surface area contributed by atoms with Gasteiger partial charge in [0.1, 0.15) is 0 Å². The predicted molar refractivity (Wildman–Crippen MR) is 135 cm³/mol. The van der Waals surface area contributed by atoms with Crippen molar-refractivity contribution in [2.45, 2.75) is 64.2 Å². The smallest absolute Gasteiger partial charge is 0.305 e. The Morgan fingerprint density at radius 3 is 2.59 bits per heavy atom. The van der Waals surface area contributed by atoms with Gasteiger partial charge in [-0.25, -0.2) is 0 Å². The average molecular weight is 422 g/mol. The van der Waals surface area contributed by atoms with Crippen LogP contribution in [0.4, 0.5) is 0 Å². The summed E-state index contributed by atoms with van der Waals surface area (Å²) in [6.07, 6.45) is 34.2. The summed E-state index contributed by atoms with van der Waals surface area (Å²) >= 11 is 0. The number of hydrogen-bond donors (Lipinski definition) is 1. The highest BCUT2D eigenvalue weighted by atomic mass is 16.2. The Balaban J connectivity index is 1.42. The van der Waals surface area contributed by atoms with Crippen LogP contribution in [0.25, 0.3) is 0 Å². The highest BCUT2D eigenvalue weighted by molar-refractivity contribution is 6.39. The van der Waals surface area contributed by atoms with E-state index in [1.165, 1.54) is 55.1 Å². The van der Waals surface area contributed by atoms with Crippen molar-refractivity contribution in [3.8, 4) is 0 Å². The van der Waals surface area contributed by atoms with Crippen molar-refractivity contribution < 1.29 is 5.02 Å². The number of hydrogen-bond acceptors (Lipinski definition) is 1. The summed E-state index contributed by atoms with van der Waals surface area (Å²) in [5.74, 6) is 2.34. The second-order valence-electron chi connectivity index (χ2n) is 10.5. The molecule has 164 valence electrons.